The number of carbonyl (C=O) groups excluding carboxylic acids is 1. The van der Waals surface area contributed by atoms with Crippen molar-refractivity contribution >= 4 is 17.8 Å². The Kier molecular flexibility index (Phi) is 5.65. The molecule has 0 radical (unpaired) electrons. The number of carbonyl (C=O) groups is 3. The van der Waals surface area contributed by atoms with E-state index in [4.69, 9.17) is 10.2 Å². The van der Waals surface area contributed by atoms with Crippen LogP contribution in [0.1, 0.15) is 29.6 Å². The van der Waals surface area contributed by atoms with E-state index in [1.54, 1.807) is 0 Å². The lowest BCUT2D eigenvalue weighted by Crippen LogP contribution is -2.40. The van der Waals surface area contributed by atoms with Crippen molar-refractivity contribution in [2.75, 3.05) is 0 Å². The third-order valence-electron chi connectivity index (χ3n) is 2.69. The fraction of sp³-hybridized carbons (Fsp3) is 0.308. The molecule has 4 N–H and O–H groups in total. The Morgan fingerprint density at radius 1 is 1.24 bits per heavy atom. The smallest absolute Gasteiger partial charge is 0.326 e. The van der Waals surface area contributed by atoms with Gasteiger partial charge >= 0.3 is 11.9 Å². The van der Waals surface area contributed by atoms with E-state index in [2.05, 4.69) is 5.32 Å². The predicted octanol–water partition coefficient (Wildman–Crippen LogP) is 0.969. The van der Waals surface area contributed by atoms with Gasteiger partial charge in [0, 0.05) is 6.42 Å². The molecule has 114 valence electrons. The number of phenols is 1. The summed E-state index contributed by atoms with van der Waals surface area (Å²) in [4.78, 5) is 33.2. The maximum Gasteiger partial charge on any atom is 0.326 e. The van der Waals surface area contributed by atoms with Gasteiger partial charge in [-0.15, -0.1) is 0 Å². The lowest BCUT2D eigenvalue weighted by Gasteiger charge is -2.14. The Labute approximate surface area is 119 Å². The zero-order valence-electron chi connectivity index (χ0n) is 10.9. The highest BCUT2D eigenvalue weighted by atomic mass is 19.1. The maximum absolute atomic E-state index is 13.0. The molecule has 0 aliphatic rings. The van der Waals surface area contributed by atoms with Gasteiger partial charge in [0.1, 0.15) is 17.6 Å². The molecule has 8 heteroatoms. The number of halogens is 1. The molecule has 7 nitrogen and oxygen atoms in total. The van der Waals surface area contributed by atoms with Crippen LogP contribution in [0, 0.1) is 5.82 Å². The summed E-state index contributed by atoms with van der Waals surface area (Å²) in [6.45, 7) is 0. The molecule has 0 aliphatic heterocycles. The topological polar surface area (TPSA) is 124 Å². The SMILES string of the molecule is O=C(O)CCC[C@@H](NC(=O)c1cc(F)ccc1O)C(=O)O. The summed E-state index contributed by atoms with van der Waals surface area (Å²) in [7, 11) is 0. The van der Waals surface area contributed by atoms with E-state index in [9.17, 15) is 23.9 Å². The van der Waals surface area contributed by atoms with Gasteiger partial charge in [-0.05, 0) is 31.0 Å². The first-order valence-electron chi connectivity index (χ1n) is 6.05. The minimum atomic E-state index is -1.34. The number of aliphatic carboxylic acids is 2. The number of carboxylic acids is 2. The monoisotopic (exact) mass is 299 g/mol. The number of amides is 1. The molecule has 0 unspecified atom stereocenters. The van der Waals surface area contributed by atoms with Gasteiger partial charge in [0.25, 0.3) is 5.91 Å². The summed E-state index contributed by atoms with van der Waals surface area (Å²) in [6.07, 6.45) is -0.268. The molecule has 0 saturated carbocycles. The molecular formula is C13H14FNO6. The van der Waals surface area contributed by atoms with Crippen LogP contribution in [0.15, 0.2) is 18.2 Å². The fourth-order valence-electron chi connectivity index (χ4n) is 1.64. The van der Waals surface area contributed by atoms with E-state index in [1.807, 2.05) is 0 Å². The van der Waals surface area contributed by atoms with E-state index in [0.717, 1.165) is 18.2 Å². The third-order valence-corrected chi connectivity index (χ3v) is 2.69. The number of hydrogen-bond donors (Lipinski definition) is 4. The molecule has 1 aromatic rings. The summed E-state index contributed by atoms with van der Waals surface area (Å²) in [5, 5.41) is 29.0. The van der Waals surface area contributed by atoms with E-state index >= 15 is 0 Å². The van der Waals surface area contributed by atoms with Crippen molar-refractivity contribution in [3.63, 3.8) is 0 Å². The van der Waals surface area contributed by atoms with Crippen molar-refractivity contribution in [1.82, 2.24) is 5.32 Å². The van der Waals surface area contributed by atoms with Gasteiger partial charge in [0.05, 0.1) is 5.56 Å². The summed E-state index contributed by atoms with van der Waals surface area (Å²) in [6, 6.07) is 1.39. The summed E-state index contributed by atoms with van der Waals surface area (Å²) in [5.74, 6) is -4.60. The first-order valence-corrected chi connectivity index (χ1v) is 6.05. The number of benzene rings is 1. The second-order valence-corrected chi connectivity index (χ2v) is 4.31. The van der Waals surface area contributed by atoms with Crippen molar-refractivity contribution in [2.24, 2.45) is 0 Å². The second-order valence-electron chi connectivity index (χ2n) is 4.31. The van der Waals surface area contributed by atoms with Gasteiger partial charge < -0.3 is 20.6 Å². The van der Waals surface area contributed by atoms with E-state index in [-0.39, 0.29) is 24.8 Å². The van der Waals surface area contributed by atoms with Crippen molar-refractivity contribution in [2.45, 2.75) is 25.3 Å². The number of rotatable bonds is 7. The van der Waals surface area contributed by atoms with E-state index in [1.165, 1.54) is 0 Å². The van der Waals surface area contributed by atoms with Crippen LogP contribution < -0.4 is 5.32 Å². The molecule has 0 aliphatic carbocycles. The maximum atomic E-state index is 13.0. The van der Waals surface area contributed by atoms with Crippen LogP contribution in [-0.2, 0) is 9.59 Å². The Bertz CT molecular complexity index is 560. The van der Waals surface area contributed by atoms with Crippen molar-refractivity contribution in [3.8, 4) is 5.75 Å². The predicted molar refractivity (Wildman–Crippen MR) is 68.4 cm³/mol. The Morgan fingerprint density at radius 2 is 1.90 bits per heavy atom. The van der Waals surface area contributed by atoms with Crippen LogP contribution >= 0.6 is 0 Å². The standard InChI is InChI=1S/C13H14FNO6/c14-7-4-5-10(16)8(6-7)12(19)15-9(13(20)21)2-1-3-11(17)18/h4-6,9,16H,1-3H2,(H,15,19)(H,17,18)(H,20,21)/t9-/m1/s1. The van der Waals surface area contributed by atoms with Crippen LogP contribution in [0.4, 0.5) is 4.39 Å². The summed E-state index contributed by atoms with van der Waals surface area (Å²) < 4.78 is 13.0. The number of phenolic OH excluding ortho intramolecular Hbond substituents is 1. The molecule has 21 heavy (non-hydrogen) atoms. The summed E-state index contributed by atoms with van der Waals surface area (Å²) in [5.41, 5.74) is -0.389. The molecular weight excluding hydrogens is 285 g/mol. The van der Waals surface area contributed by atoms with Crippen molar-refractivity contribution in [3.05, 3.63) is 29.6 Å². The average Bonchev–Trinajstić information content (AvgIpc) is 2.39. The number of carboxylic acid groups (broad SMARTS) is 2. The quantitative estimate of drug-likeness (QED) is 0.594. The molecule has 1 atom stereocenters. The number of hydrogen-bond acceptors (Lipinski definition) is 4. The molecule has 0 fully saturated rings. The first-order chi connectivity index (χ1) is 9.81. The third kappa shape index (κ3) is 5.09. The largest absolute Gasteiger partial charge is 0.507 e. The lowest BCUT2D eigenvalue weighted by molar-refractivity contribution is -0.140. The molecule has 0 saturated heterocycles. The normalized spacial score (nSPS) is 11.7. The van der Waals surface area contributed by atoms with E-state index < -0.39 is 35.5 Å². The molecule has 0 heterocycles. The first kappa shape index (κ1) is 16.4. The minimum absolute atomic E-state index is 0.0573. The molecule has 0 bridgehead atoms. The zero-order chi connectivity index (χ0) is 16.0. The zero-order valence-corrected chi connectivity index (χ0v) is 10.9. The van der Waals surface area contributed by atoms with Crippen molar-refractivity contribution in [1.29, 1.82) is 0 Å². The highest BCUT2D eigenvalue weighted by molar-refractivity contribution is 5.98. The minimum Gasteiger partial charge on any atom is -0.507 e. The van der Waals surface area contributed by atoms with Gasteiger partial charge in [-0.2, -0.15) is 0 Å². The molecule has 0 spiro atoms. The Hall–Kier alpha value is -2.64. The second kappa shape index (κ2) is 7.22. The van der Waals surface area contributed by atoms with Gasteiger partial charge in [-0.1, -0.05) is 0 Å². The van der Waals surface area contributed by atoms with Gasteiger partial charge in [0.15, 0.2) is 0 Å². The van der Waals surface area contributed by atoms with Crippen LogP contribution in [0.5, 0.6) is 5.75 Å². The Balaban J connectivity index is 2.74. The fourth-order valence-corrected chi connectivity index (χ4v) is 1.64. The molecule has 1 amide bonds. The van der Waals surface area contributed by atoms with Gasteiger partial charge in [0.2, 0.25) is 0 Å². The van der Waals surface area contributed by atoms with Gasteiger partial charge in [-0.3, -0.25) is 9.59 Å². The van der Waals surface area contributed by atoms with Crippen LogP contribution in [0.3, 0.4) is 0 Å². The van der Waals surface area contributed by atoms with Crippen LogP contribution in [-0.4, -0.2) is 39.2 Å². The molecule has 0 aromatic heterocycles. The summed E-state index contributed by atoms with van der Waals surface area (Å²) >= 11 is 0. The average molecular weight is 299 g/mol. The van der Waals surface area contributed by atoms with E-state index in [0.29, 0.717) is 0 Å². The Morgan fingerprint density at radius 3 is 2.48 bits per heavy atom. The highest BCUT2D eigenvalue weighted by Crippen LogP contribution is 2.18. The number of aromatic hydroxyl groups is 1. The molecule has 1 rings (SSSR count). The van der Waals surface area contributed by atoms with Crippen LogP contribution in [0.25, 0.3) is 0 Å². The molecule has 1 aromatic carbocycles. The van der Waals surface area contributed by atoms with Gasteiger partial charge in [-0.25, -0.2) is 9.18 Å². The van der Waals surface area contributed by atoms with Crippen LogP contribution in [0.2, 0.25) is 0 Å². The van der Waals surface area contributed by atoms with Crippen molar-refractivity contribution < 1.29 is 34.1 Å². The highest BCUT2D eigenvalue weighted by Gasteiger charge is 2.22. The number of nitrogens with one attached hydrogen (secondary N) is 1. The lowest BCUT2D eigenvalue weighted by atomic mass is 10.1.